The molecule has 0 fully saturated rings. The van der Waals surface area contributed by atoms with E-state index < -0.39 is 0 Å². The molecule has 0 saturated carbocycles. The van der Waals surface area contributed by atoms with Crippen molar-refractivity contribution in [1.82, 2.24) is 10.1 Å². The van der Waals surface area contributed by atoms with Gasteiger partial charge in [-0.3, -0.25) is 0 Å². The number of nitrogens with zero attached hydrogens (tertiary/aromatic N) is 3. The number of benzene rings is 1. The van der Waals surface area contributed by atoms with E-state index in [0.29, 0.717) is 11.8 Å². The lowest BCUT2D eigenvalue weighted by Gasteiger charge is -2.09. The normalized spacial score (nSPS) is 12.4. The molecule has 5 heteroatoms. The summed E-state index contributed by atoms with van der Waals surface area (Å²) >= 11 is 0. The molecule has 0 saturated heterocycles. The molecule has 0 radical (unpaired) electrons. The second-order valence-corrected chi connectivity index (χ2v) is 3.84. The van der Waals surface area contributed by atoms with Crippen molar-refractivity contribution in [3.63, 3.8) is 0 Å². The van der Waals surface area contributed by atoms with Gasteiger partial charge >= 0.3 is 0 Å². The Morgan fingerprint density at radius 2 is 2.06 bits per heavy atom. The molecule has 5 nitrogen and oxygen atoms in total. The van der Waals surface area contributed by atoms with Gasteiger partial charge in [0.1, 0.15) is 6.04 Å². The Balaban J connectivity index is 2.20. The molecule has 0 aliphatic carbocycles. The maximum atomic E-state index is 6.06. The van der Waals surface area contributed by atoms with Crippen LogP contribution in [0.25, 0.3) is 0 Å². The molecule has 17 heavy (non-hydrogen) atoms. The Morgan fingerprint density at radius 1 is 1.35 bits per heavy atom. The average Bonchev–Trinajstić information content (AvgIpc) is 2.87. The average molecular weight is 232 g/mol. The van der Waals surface area contributed by atoms with Gasteiger partial charge < -0.3 is 15.2 Å². The zero-order chi connectivity index (χ0) is 12.3. The second-order valence-electron chi connectivity index (χ2n) is 3.84. The van der Waals surface area contributed by atoms with Gasteiger partial charge in [-0.25, -0.2) is 0 Å². The third-order valence-corrected chi connectivity index (χ3v) is 2.67. The van der Waals surface area contributed by atoms with Crippen molar-refractivity contribution in [2.24, 2.45) is 5.73 Å². The monoisotopic (exact) mass is 232 g/mol. The summed E-state index contributed by atoms with van der Waals surface area (Å²) in [6.07, 6.45) is 0. The van der Waals surface area contributed by atoms with Crippen LogP contribution in [0, 0.1) is 0 Å². The molecule has 90 valence electrons. The van der Waals surface area contributed by atoms with Crippen LogP contribution in [0.15, 0.2) is 34.9 Å². The molecular weight excluding hydrogens is 216 g/mol. The van der Waals surface area contributed by atoms with Gasteiger partial charge in [-0.05, 0) is 17.6 Å². The third kappa shape index (κ3) is 2.45. The van der Waals surface area contributed by atoms with Gasteiger partial charge in [0.25, 0.3) is 5.95 Å². The lowest BCUT2D eigenvalue weighted by atomic mass is 10.1. The second kappa shape index (κ2) is 4.97. The molecule has 2 N–H and O–H groups in total. The third-order valence-electron chi connectivity index (χ3n) is 2.67. The molecular formula is C12H16N4O. The highest BCUT2D eigenvalue weighted by molar-refractivity contribution is 5.29. The van der Waals surface area contributed by atoms with Crippen LogP contribution in [0.5, 0.6) is 0 Å². The van der Waals surface area contributed by atoms with E-state index in [1.807, 2.05) is 49.2 Å². The zero-order valence-electron chi connectivity index (χ0n) is 10.00. The number of rotatable bonds is 4. The van der Waals surface area contributed by atoms with Gasteiger partial charge in [-0.2, -0.15) is 4.98 Å². The standard InChI is InChI=1S/C12H16N4O/c1-3-16(2)12-14-11(17-15-12)10(13)9-7-5-4-6-8-9/h4-8,10H,3,13H2,1-2H3/t10-/m0/s1. The summed E-state index contributed by atoms with van der Waals surface area (Å²) in [5.41, 5.74) is 7.02. The fraction of sp³-hybridized carbons (Fsp3) is 0.333. The molecule has 0 bridgehead atoms. The first-order valence-corrected chi connectivity index (χ1v) is 5.57. The molecule has 1 atom stereocenters. The smallest absolute Gasteiger partial charge is 0.265 e. The van der Waals surface area contributed by atoms with E-state index >= 15 is 0 Å². The lowest BCUT2D eigenvalue weighted by molar-refractivity contribution is 0.366. The molecule has 0 amide bonds. The fourth-order valence-electron chi connectivity index (χ4n) is 1.45. The zero-order valence-corrected chi connectivity index (χ0v) is 10.00. The molecule has 0 aliphatic rings. The number of aromatic nitrogens is 2. The van der Waals surface area contributed by atoms with E-state index in [4.69, 9.17) is 10.3 Å². The van der Waals surface area contributed by atoms with E-state index in [2.05, 4.69) is 10.1 Å². The van der Waals surface area contributed by atoms with Crippen molar-refractivity contribution < 1.29 is 4.52 Å². The topological polar surface area (TPSA) is 68.2 Å². The number of hydrogen-bond donors (Lipinski definition) is 1. The fourth-order valence-corrected chi connectivity index (χ4v) is 1.45. The minimum Gasteiger partial charge on any atom is -0.342 e. The van der Waals surface area contributed by atoms with Crippen molar-refractivity contribution in [1.29, 1.82) is 0 Å². The van der Waals surface area contributed by atoms with Crippen molar-refractivity contribution in [2.45, 2.75) is 13.0 Å². The van der Waals surface area contributed by atoms with Crippen molar-refractivity contribution in [3.05, 3.63) is 41.8 Å². The molecule has 0 spiro atoms. The highest BCUT2D eigenvalue weighted by Gasteiger charge is 2.17. The summed E-state index contributed by atoms with van der Waals surface area (Å²) in [5, 5.41) is 3.89. The Kier molecular flexibility index (Phi) is 3.39. The Hall–Kier alpha value is -1.88. The van der Waals surface area contributed by atoms with Gasteiger partial charge in [0.15, 0.2) is 0 Å². The SMILES string of the molecule is CCN(C)c1noc([C@@H](N)c2ccccc2)n1. The van der Waals surface area contributed by atoms with Crippen molar-refractivity contribution >= 4 is 5.95 Å². The maximum absolute atomic E-state index is 6.06. The van der Waals surface area contributed by atoms with Crippen LogP contribution in [0.3, 0.4) is 0 Å². The lowest BCUT2D eigenvalue weighted by Crippen LogP contribution is -2.18. The predicted molar refractivity (Wildman–Crippen MR) is 65.7 cm³/mol. The summed E-state index contributed by atoms with van der Waals surface area (Å²) in [5.74, 6) is 1.00. The molecule has 2 rings (SSSR count). The molecule has 0 unspecified atom stereocenters. The quantitative estimate of drug-likeness (QED) is 0.866. The van der Waals surface area contributed by atoms with Crippen LogP contribution in [0.1, 0.15) is 24.4 Å². The van der Waals surface area contributed by atoms with Crippen LogP contribution in [0.4, 0.5) is 5.95 Å². The molecule has 0 aliphatic heterocycles. The van der Waals surface area contributed by atoms with Crippen LogP contribution in [-0.2, 0) is 0 Å². The van der Waals surface area contributed by atoms with Crippen LogP contribution in [-0.4, -0.2) is 23.7 Å². The number of hydrogen-bond acceptors (Lipinski definition) is 5. The van der Waals surface area contributed by atoms with Crippen molar-refractivity contribution in [2.75, 3.05) is 18.5 Å². The molecule has 1 aromatic heterocycles. The summed E-state index contributed by atoms with van der Waals surface area (Å²) in [4.78, 5) is 6.17. The van der Waals surface area contributed by atoms with Gasteiger partial charge in [-0.1, -0.05) is 30.3 Å². The van der Waals surface area contributed by atoms with Gasteiger partial charge in [-0.15, -0.1) is 0 Å². The first-order chi connectivity index (χ1) is 8.22. The number of nitrogens with two attached hydrogens (primary N) is 1. The minimum atomic E-state index is -0.372. The van der Waals surface area contributed by atoms with Crippen LogP contribution >= 0.6 is 0 Å². The number of anilines is 1. The van der Waals surface area contributed by atoms with Gasteiger partial charge in [0, 0.05) is 13.6 Å². The van der Waals surface area contributed by atoms with E-state index in [-0.39, 0.29) is 6.04 Å². The molecule has 1 heterocycles. The summed E-state index contributed by atoms with van der Waals surface area (Å²) in [6.45, 7) is 2.84. The maximum Gasteiger partial charge on any atom is 0.265 e. The first-order valence-electron chi connectivity index (χ1n) is 5.57. The summed E-state index contributed by atoms with van der Waals surface area (Å²) in [7, 11) is 1.91. The van der Waals surface area contributed by atoms with E-state index in [0.717, 1.165) is 12.1 Å². The van der Waals surface area contributed by atoms with Gasteiger partial charge in [0.05, 0.1) is 0 Å². The van der Waals surface area contributed by atoms with E-state index in [1.54, 1.807) is 0 Å². The minimum absolute atomic E-state index is 0.372. The predicted octanol–water partition coefficient (Wildman–Crippen LogP) is 1.57. The van der Waals surface area contributed by atoms with E-state index in [1.165, 1.54) is 0 Å². The Bertz CT molecular complexity index is 468. The highest BCUT2D eigenvalue weighted by atomic mass is 16.5. The molecule has 2 aromatic rings. The van der Waals surface area contributed by atoms with E-state index in [9.17, 15) is 0 Å². The van der Waals surface area contributed by atoms with Crippen LogP contribution in [0.2, 0.25) is 0 Å². The Labute approximate surface area is 100 Å². The largest absolute Gasteiger partial charge is 0.342 e. The summed E-state index contributed by atoms with van der Waals surface area (Å²) < 4.78 is 5.18. The van der Waals surface area contributed by atoms with Crippen molar-refractivity contribution in [3.8, 4) is 0 Å². The summed E-state index contributed by atoms with van der Waals surface area (Å²) in [6, 6.07) is 9.33. The Morgan fingerprint density at radius 3 is 2.71 bits per heavy atom. The van der Waals surface area contributed by atoms with Crippen LogP contribution < -0.4 is 10.6 Å². The first kappa shape index (κ1) is 11.6. The van der Waals surface area contributed by atoms with Gasteiger partial charge in [0.2, 0.25) is 5.89 Å². The molecule has 1 aromatic carbocycles. The highest BCUT2D eigenvalue weighted by Crippen LogP contribution is 2.19.